The summed E-state index contributed by atoms with van der Waals surface area (Å²) in [6, 6.07) is 6.57. The highest BCUT2D eigenvalue weighted by Crippen LogP contribution is 2.31. The molecule has 25 heavy (non-hydrogen) atoms. The molecule has 8 nitrogen and oxygen atoms in total. The third-order valence-corrected chi connectivity index (χ3v) is 6.84. The van der Waals surface area contributed by atoms with Crippen LogP contribution in [0.15, 0.2) is 35.5 Å². The predicted molar refractivity (Wildman–Crippen MR) is 90.4 cm³/mol. The highest BCUT2D eigenvalue weighted by atomic mass is 32.2. The van der Waals surface area contributed by atoms with Crippen molar-refractivity contribution >= 4 is 10.0 Å². The van der Waals surface area contributed by atoms with Gasteiger partial charge >= 0.3 is 0 Å². The largest absolute Gasteiger partial charge is 0.486 e. The second-order valence-electron chi connectivity index (χ2n) is 6.56. The summed E-state index contributed by atoms with van der Waals surface area (Å²) in [6.07, 6.45) is 1.47. The molecule has 0 radical (unpaired) electrons. The molecule has 0 aliphatic carbocycles. The van der Waals surface area contributed by atoms with Gasteiger partial charge in [0.05, 0.1) is 4.90 Å². The number of fused-ring (bicyclic) bond motifs is 1. The number of nitrogens with one attached hydrogen (secondary N) is 1. The van der Waals surface area contributed by atoms with Gasteiger partial charge in [0.1, 0.15) is 18.7 Å². The third kappa shape index (κ3) is 3.14. The molecule has 1 aromatic heterocycles. The Bertz CT molecular complexity index is 837. The van der Waals surface area contributed by atoms with Crippen LogP contribution in [0.1, 0.15) is 5.82 Å². The Labute approximate surface area is 146 Å². The molecule has 2 atom stereocenters. The lowest BCUT2D eigenvalue weighted by molar-refractivity contribution is 0.289. The first kappa shape index (κ1) is 16.5. The van der Waals surface area contributed by atoms with Gasteiger partial charge in [-0.3, -0.25) is 4.68 Å². The van der Waals surface area contributed by atoms with Crippen LogP contribution < -0.4 is 10.1 Å². The van der Waals surface area contributed by atoms with E-state index in [0.29, 0.717) is 41.4 Å². The number of hydrogen-bond donors (Lipinski definition) is 1. The zero-order valence-electron chi connectivity index (χ0n) is 14.0. The Morgan fingerprint density at radius 3 is 2.48 bits per heavy atom. The van der Waals surface area contributed by atoms with Crippen molar-refractivity contribution in [3.63, 3.8) is 0 Å². The fraction of sp³-hybridized carbons (Fsp3) is 0.500. The van der Waals surface area contributed by atoms with Crippen molar-refractivity contribution < 1.29 is 13.2 Å². The van der Waals surface area contributed by atoms with E-state index in [0.717, 1.165) is 13.1 Å². The summed E-state index contributed by atoms with van der Waals surface area (Å²) in [7, 11) is -1.64. The molecule has 4 rings (SSSR count). The minimum Gasteiger partial charge on any atom is -0.486 e. The van der Waals surface area contributed by atoms with E-state index in [1.807, 2.05) is 0 Å². The topological polar surface area (TPSA) is 89.3 Å². The zero-order valence-corrected chi connectivity index (χ0v) is 14.8. The maximum atomic E-state index is 12.8. The van der Waals surface area contributed by atoms with Gasteiger partial charge in [-0.1, -0.05) is 0 Å². The normalized spacial score (nSPS) is 23.7. The van der Waals surface area contributed by atoms with Gasteiger partial charge in [-0.2, -0.15) is 9.40 Å². The molecular formula is C16H21N5O3S. The minimum atomic E-state index is -3.44. The lowest BCUT2D eigenvalue weighted by atomic mass is 10.0. The van der Waals surface area contributed by atoms with Gasteiger partial charge in [-0.25, -0.2) is 13.4 Å². The maximum Gasteiger partial charge on any atom is 0.243 e. The van der Waals surface area contributed by atoms with Crippen LogP contribution in [-0.2, 0) is 23.7 Å². The van der Waals surface area contributed by atoms with E-state index in [1.54, 1.807) is 40.3 Å². The van der Waals surface area contributed by atoms with E-state index in [2.05, 4.69) is 15.4 Å². The summed E-state index contributed by atoms with van der Waals surface area (Å²) in [5.41, 5.74) is 0. The molecule has 2 aromatic rings. The number of rotatable bonds is 5. The number of nitrogens with zero attached hydrogens (tertiary/aromatic N) is 4. The first-order chi connectivity index (χ1) is 12.0. The monoisotopic (exact) mass is 363 g/mol. The maximum absolute atomic E-state index is 12.8. The third-order valence-electron chi connectivity index (χ3n) is 4.99. The number of sulfonamides is 1. The summed E-state index contributed by atoms with van der Waals surface area (Å²) in [4.78, 5) is 4.40. The predicted octanol–water partition coefficient (Wildman–Crippen LogP) is 0.234. The number of aromatic nitrogens is 3. The van der Waals surface area contributed by atoms with Gasteiger partial charge in [0.25, 0.3) is 0 Å². The van der Waals surface area contributed by atoms with Gasteiger partial charge in [-0.15, -0.1) is 0 Å². The molecule has 1 aromatic carbocycles. The summed E-state index contributed by atoms with van der Waals surface area (Å²) in [5, 5.41) is 7.30. The number of ether oxygens (including phenoxy) is 1. The van der Waals surface area contributed by atoms with Crippen molar-refractivity contribution in [1.29, 1.82) is 0 Å². The molecule has 0 amide bonds. The van der Waals surface area contributed by atoms with Crippen LogP contribution >= 0.6 is 0 Å². The van der Waals surface area contributed by atoms with Crippen LogP contribution in [0.2, 0.25) is 0 Å². The van der Waals surface area contributed by atoms with Crippen LogP contribution in [0.3, 0.4) is 0 Å². The highest BCUT2D eigenvalue weighted by molar-refractivity contribution is 7.89. The minimum absolute atomic E-state index is 0.283. The number of hydrogen-bond acceptors (Lipinski definition) is 6. The van der Waals surface area contributed by atoms with Crippen LogP contribution in [-0.4, -0.2) is 53.7 Å². The quantitative estimate of drug-likeness (QED) is 0.818. The van der Waals surface area contributed by atoms with Crippen molar-refractivity contribution in [2.24, 2.45) is 18.9 Å². The molecule has 9 heteroatoms. The summed E-state index contributed by atoms with van der Waals surface area (Å²) >= 11 is 0. The summed E-state index contributed by atoms with van der Waals surface area (Å²) < 4.78 is 34.5. The Balaban J connectivity index is 1.43. The van der Waals surface area contributed by atoms with E-state index < -0.39 is 10.0 Å². The molecule has 2 aliphatic rings. The number of benzene rings is 1. The van der Waals surface area contributed by atoms with Crippen LogP contribution in [0.25, 0.3) is 0 Å². The molecule has 2 fully saturated rings. The molecule has 2 saturated heterocycles. The van der Waals surface area contributed by atoms with E-state index >= 15 is 0 Å². The second-order valence-corrected chi connectivity index (χ2v) is 8.50. The van der Waals surface area contributed by atoms with Crippen molar-refractivity contribution in [3.05, 3.63) is 36.4 Å². The molecule has 1 N–H and O–H groups in total. The van der Waals surface area contributed by atoms with Gasteiger partial charge < -0.3 is 10.1 Å². The standard InChI is InChI=1S/C16H21N5O3S/c1-20-16(18-11-19-20)10-24-14-2-4-15(5-3-14)25(22,23)21-8-12-6-17-7-13(12)9-21/h2-5,11-13,17H,6-10H2,1H3/t12-,13+. The van der Waals surface area contributed by atoms with E-state index in [-0.39, 0.29) is 6.61 Å². The van der Waals surface area contributed by atoms with E-state index in [9.17, 15) is 8.42 Å². The molecular weight excluding hydrogens is 342 g/mol. The molecule has 0 unspecified atom stereocenters. The van der Waals surface area contributed by atoms with Gasteiger partial charge in [-0.05, 0) is 49.2 Å². The molecule has 134 valence electrons. The van der Waals surface area contributed by atoms with Crippen molar-refractivity contribution in [3.8, 4) is 5.75 Å². The van der Waals surface area contributed by atoms with Crippen molar-refractivity contribution in [1.82, 2.24) is 24.4 Å². The highest BCUT2D eigenvalue weighted by Gasteiger charge is 2.41. The fourth-order valence-electron chi connectivity index (χ4n) is 3.46. The van der Waals surface area contributed by atoms with Crippen LogP contribution in [0, 0.1) is 11.8 Å². The summed E-state index contributed by atoms with van der Waals surface area (Å²) in [5.74, 6) is 2.17. The Kier molecular flexibility index (Phi) is 4.22. The summed E-state index contributed by atoms with van der Waals surface area (Å²) in [6.45, 7) is 3.30. The fourth-order valence-corrected chi connectivity index (χ4v) is 5.02. The molecule has 2 aliphatic heterocycles. The van der Waals surface area contributed by atoms with Gasteiger partial charge in [0, 0.05) is 20.1 Å². The molecule has 0 bridgehead atoms. The van der Waals surface area contributed by atoms with Crippen LogP contribution in [0.4, 0.5) is 0 Å². The second kappa shape index (κ2) is 6.40. The van der Waals surface area contributed by atoms with Crippen molar-refractivity contribution in [2.45, 2.75) is 11.5 Å². The average Bonchev–Trinajstić information content (AvgIpc) is 3.29. The Morgan fingerprint density at radius 2 is 1.88 bits per heavy atom. The molecule has 0 saturated carbocycles. The van der Waals surface area contributed by atoms with Gasteiger partial charge in [0.15, 0.2) is 5.82 Å². The van der Waals surface area contributed by atoms with Gasteiger partial charge in [0.2, 0.25) is 10.0 Å². The number of aryl methyl sites for hydroxylation is 1. The molecule has 0 spiro atoms. The van der Waals surface area contributed by atoms with Crippen LogP contribution in [0.5, 0.6) is 5.75 Å². The van der Waals surface area contributed by atoms with E-state index in [1.165, 1.54) is 6.33 Å². The lowest BCUT2D eigenvalue weighted by Gasteiger charge is -2.17. The first-order valence-corrected chi connectivity index (χ1v) is 9.74. The Hall–Kier alpha value is -1.97. The molecule has 3 heterocycles. The first-order valence-electron chi connectivity index (χ1n) is 8.30. The SMILES string of the molecule is Cn1ncnc1COc1ccc(S(=O)(=O)N2C[C@H]3CNC[C@H]3C2)cc1. The zero-order chi connectivity index (χ0) is 17.4. The average molecular weight is 363 g/mol. The Morgan fingerprint density at radius 1 is 1.20 bits per heavy atom. The lowest BCUT2D eigenvalue weighted by Crippen LogP contribution is -2.31. The van der Waals surface area contributed by atoms with E-state index in [4.69, 9.17) is 4.74 Å². The van der Waals surface area contributed by atoms with Crippen molar-refractivity contribution in [2.75, 3.05) is 26.2 Å². The smallest absolute Gasteiger partial charge is 0.243 e.